The predicted molar refractivity (Wildman–Crippen MR) is 100 cm³/mol. The molecule has 0 bridgehead atoms. The summed E-state index contributed by atoms with van der Waals surface area (Å²) in [5.74, 6) is -0.261. The molecule has 7 heteroatoms. The molecule has 0 heterocycles. The highest BCUT2D eigenvalue weighted by atomic mass is 16.5. The van der Waals surface area contributed by atoms with Crippen molar-refractivity contribution in [3.63, 3.8) is 0 Å². The molecule has 0 fully saturated rings. The zero-order valence-corrected chi connectivity index (χ0v) is 15.5. The third-order valence-corrected chi connectivity index (χ3v) is 3.90. The van der Waals surface area contributed by atoms with E-state index in [1.165, 1.54) is 18.9 Å². The van der Waals surface area contributed by atoms with Crippen molar-refractivity contribution < 1.29 is 23.9 Å². The lowest BCUT2D eigenvalue weighted by molar-refractivity contribution is -0.133. The summed E-state index contributed by atoms with van der Waals surface area (Å²) in [7, 11) is 2.89. The average Bonchev–Trinajstić information content (AvgIpc) is 2.68. The predicted octanol–water partition coefficient (Wildman–Crippen LogP) is 2.47. The molecular formula is C20H22N2O5. The third kappa shape index (κ3) is 5.85. The molecule has 2 aromatic carbocycles. The highest BCUT2D eigenvalue weighted by molar-refractivity contribution is 5.95. The van der Waals surface area contributed by atoms with Gasteiger partial charge in [-0.2, -0.15) is 0 Å². The Bertz CT molecular complexity index is 800. The van der Waals surface area contributed by atoms with E-state index in [4.69, 9.17) is 4.74 Å². The van der Waals surface area contributed by atoms with E-state index < -0.39 is 5.97 Å². The Balaban J connectivity index is 1.97. The Hall–Kier alpha value is -3.35. The highest BCUT2D eigenvalue weighted by Gasteiger charge is 2.15. The fourth-order valence-corrected chi connectivity index (χ4v) is 2.41. The Morgan fingerprint density at radius 2 is 1.59 bits per heavy atom. The number of benzene rings is 2. The number of rotatable bonds is 7. The second-order valence-electron chi connectivity index (χ2n) is 5.84. The van der Waals surface area contributed by atoms with Crippen LogP contribution in [0.2, 0.25) is 0 Å². The number of methoxy groups -OCH3 is 2. The number of esters is 1. The molecule has 0 aliphatic heterocycles. The van der Waals surface area contributed by atoms with Crippen molar-refractivity contribution in [2.75, 3.05) is 26.1 Å². The van der Waals surface area contributed by atoms with Gasteiger partial charge in [0.25, 0.3) is 0 Å². The van der Waals surface area contributed by atoms with E-state index in [9.17, 15) is 14.4 Å². The van der Waals surface area contributed by atoms with Gasteiger partial charge in [0.15, 0.2) is 0 Å². The monoisotopic (exact) mass is 370 g/mol. The van der Waals surface area contributed by atoms with E-state index in [1.807, 2.05) is 12.1 Å². The second kappa shape index (κ2) is 9.38. The van der Waals surface area contributed by atoms with Crippen molar-refractivity contribution in [1.29, 1.82) is 0 Å². The fourth-order valence-electron chi connectivity index (χ4n) is 2.41. The van der Waals surface area contributed by atoms with Gasteiger partial charge in [0.2, 0.25) is 11.8 Å². The maximum Gasteiger partial charge on any atom is 0.337 e. The van der Waals surface area contributed by atoms with Crippen LogP contribution in [0.5, 0.6) is 5.75 Å². The number of ether oxygens (including phenoxy) is 2. The number of carbonyl (C=O) groups excluding carboxylic acids is 3. The van der Waals surface area contributed by atoms with Crippen molar-refractivity contribution >= 4 is 23.5 Å². The first-order chi connectivity index (χ1) is 12.9. The number of nitrogens with one attached hydrogen (secondary N) is 1. The second-order valence-corrected chi connectivity index (χ2v) is 5.84. The lowest BCUT2D eigenvalue weighted by Crippen LogP contribution is -2.36. The van der Waals surface area contributed by atoms with Crippen LogP contribution in [0.4, 0.5) is 5.69 Å². The molecule has 0 saturated heterocycles. The van der Waals surface area contributed by atoms with E-state index >= 15 is 0 Å². The third-order valence-electron chi connectivity index (χ3n) is 3.90. The quantitative estimate of drug-likeness (QED) is 0.757. The summed E-state index contributed by atoms with van der Waals surface area (Å²) in [6.45, 7) is 1.65. The molecule has 0 saturated carbocycles. The Morgan fingerprint density at radius 3 is 2.11 bits per heavy atom. The molecule has 2 aromatic rings. The average molecular weight is 370 g/mol. The molecule has 142 valence electrons. The zero-order valence-electron chi connectivity index (χ0n) is 15.5. The van der Waals surface area contributed by atoms with Crippen LogP contribution in [0.25, 0.3) is 0 Å². The molecule has 0 atom stereocenters. The Labute approximate surface area is 157 Å². The summed E-state index contributed by atoms with van der Waals surface area (Å²) >= 11 is 0. The van der Waals surface area contributed by atoms with Crippen molar-refractivity contribution in [2.24, 2.45) is 0 Å². The first-order valence-corrected chi connectivity index (χ1v) is 8.29. The van der Waals surface area contributed by atoms with Crippen molar-refractivity contribution in [3.05, 3.63) is 59.7 Å². The maximum atomic E-state index is 12.3. The molecule has 2 amide bonds. The summed E-state index contributed by atoms with van der Waals surface area (Å²) in [6.07, 6.45) is 0. The van der Waals surface area contributed by atoms with Crippen molar-refractivity contribution in [2.45, 2.75) is 13.5 Å². The first-order valence-electron chi connectivity index (χ1n) is 8.29. The minimum absolute atomic E-state index is 0.0832. The van der Waals surface area contributed by atoms with E-state index in [0.717, 1.165) is 11.3 Å². The number of hydrogen-bond acceptors (Lipinski definition) is 5. The van der Waals surface area contributed by atoms with Crippen LogP contribution in [-0.2, 0) is 20.9 Å². The zero-order chi connectivity index (χ0) is 19.8. The largest absolute Gasteiger partial charge is 0.497 e. The summed E-state index contributed by atoms with van der Waals surface area (Å²) in [6, 6.07) is 13.6. The molecular weight excluding hydrogens is 348 g/mol. The van der Waals surface area contributed by atoms with Crippen LogP contribution in [0.3, 0.4) is 0 Å². The fraction of sp³-hybridized carbons (Fsp3) is 0.250. The smallest absolute Gasteiger partial charge is 0.337 e. The van der Waals surface area contributed by atoms with Crippen LogP contribution in [-0.4, -0.2) is 43.4 Å². The molecule has 0 radical (unpaired) electrons. The van der Waals surface area contributed by atoms with Crippen LogP contribution >= 0.6 is 0 Å². The molecule has 27 heavy (non-hydrogen) atoms. The number of nitrogens with zero attached hydrogens (tertiary/aromatic N) is 1. The molecule has 0 unspecified atom stereocenters. The SMILES string of the molecule is COC(=O)c1ccc(NC(=O)CN(Cc2ccc(OC)cc2)C(C)=O)cc1. The summed E-state index contributed by atoms with van der Waals surface area (Å²) in [5.41, 5.74) is 1.81. The van der Waals surface area contributed by atoms with Crippen molar-refractivity contribution in [1.82, 2.24) is 4.90 Å². The number of carbonyl (C=O) groups is 3. The Morgan fingerprint density at radius 1 is 0.963 bits per heavy atom. The summed E-state index contributed by atoms with van der Waals surface area (Å²) < 4.78 is 9.74. The van der Waals surface area contributed by atoms with Gasteiger partial charge in [0.05, 0.1) is 19.8 Å². The van der Waals surface area contributed by atoms with E-state index in [2.05, 4.69) is 10.1 Å². The molecule has 0 aromatic heterocycles. The van der Waals surface area contributed by atoms with Gasteiger partial charge in [0, 0.05) is 19.2 Å². The van der Waals surface area contributed by atoms with Gasteiger partial charge in [-0.3, -0.25) is 9.59 Å². The summed E-state index contributed by atoms with van der Waals surface area (Å²) in [5, 5.41) is 2.71. The van der Waals surface area contributed by atoms with Crippen LogP contribution < -0.4 is 10.1 Å². The molecule has 0 aliphatic carbocycles. The minimum atomic E-state index is -0.449. The van der Waals surface area contributed by atoms with Gasteiger partial charge in [-0.15, -0.1) is 0 Å². The maximum absolute atomic E-state index is 12.3. The number of anilines is 1. The van der Waals surface area contributed by atoms with Gasteiger partial charge in [-0.05, 0) is 42.0 Å². The molecule has 0 aliphatic rings. The topological polar surface area (TPSA) is 84.9 Å². The van der Waals surface area contributed by atoms with Gasteiger partial charge >= 0.3 is 5.97 Å². The van der Waals surface area contributed by atoms with Gasteiger partial charge in [-0.1, -0.05) is 12.1 Å². The van der Waals surface area contributed by atoms with E-state index in [1.54, 1.807) is 43.5 Å². The van der Waals surface area contributed by atoms with Crippen LogP contribution in [0, 0.1) is 0 Å². The molecule has 1 N–H and O–H groups in total. The minimum Gasteiger partial charge on any atom is -0.497 e. The van der Waals surface area contributed by atoms with Crippen molar-refractivity contribution in [3.8, 4) is 5.75 Å². The molecule has 0 spiro atoms. The molecule has 2 rings (SSSR count). The summed E-state index contributed by atoms with van der Waals surface area (Å²) in [4.78, 5) is 37.0. The van der Waals surface area contributed by atoms with Gasteiger partial charge in [0.1, 0.15) is 12.3 Å². The molecule has 7 nitrogen and oxygen atoms in total. The van der Waals surface area contributed by atoms with Crippen LogP contribution in [0.15, 0.2) is 48.5 Å². The highest BCUT2D eigenvalue weighted by Crippen LogP contribution is 2.14. The first kappa shape index (κ1) is 20.0. The van der Waals surface area contributed by atoms with Gasteiger partial charge < -0.3 is 19.7 Å². The van der Waals surface area contributed by atoms with Crippen LogP contribution in [0.1, 0.15) is 22.8 Å². The number of amides is 2. The van der Waals surface area contributed by atoms with Gasteiger partial charge in [-0.25, -0.2) is 4.79 Å². The lowest BCUT2D eigenvalue weighted by Gasteiger charge is -2.21. The lowest BCUT2D eigenvalue weighted by atomic mass is 10.2. The standard InChI is InChI=1S/C20H22N2O5/c1-14(23)22(12-15-4-10-18(26-2)11-5-15)13-19(24)21-17-8-6-16(7-9-17)20(25)27-3/h4-11H,12-13H2,1-3H3,(H,21,24). The van der Waals surface area contributed by atoms with E-state index in [-0.39, 0.29) is 18.4 Å². The normalized spacial score (nSPS) is 10.0. The number of hydrogen-bond donors (Lipinski definition) is 1. The van der Waals surface area contributed by atoms with E-state index in [0.29, 0.717) is 17.8 Å². The Kier molecular flexibility index (Phi) is 6.93.